The van der Waals surface area contributed by atoms with Crippen molar-refractivity contribution in [3.05, 3.63) is 22.7 Å². The Morgan fingerprint density at radius 1 is 1.33 bits per heavy atom. The molecule has 0 radical (unpaired) electrons. The van der Waals surface area contributed by atoms with Gasteiger partial charge in [-0.3, -0.25) is 4.79 Å². The molecule has 1 aromatic carbocycles. The first kappa shape index (κ1) is 12.0. The summed E-state index contributed by atoms with van der Waals surface area (Å²) in [6.07, 6.45) is 3.49. The smallest absolute Gasteiger partial charge is 0.227 e. The van der Waals surface area contributed by atoms with Crippen molar-refractivity contribution in [2.45, 2.75) is 19.3 Å². The van der Waals surface area contributed by atoms with Gasteiger partial charge in [0.05, 0.1) is 11.6 Å². The number of benzene rings is 1. The van der Waals surface area contributed by atoms with Crippen molar-refractivity contribution in [2.75, 3.05) is 12.4 Å². The highest BCUT2D eigenvalue weighted by Gasteiger charge is 2.47. The van der Waals surface area contributed by atoms with Gasteiger partial charge >= 0.3 is 0 Å². The third-order valence-corrected chi connectivity index (χ3v) is 4.69. The number of carbonyl (C=O) groups excluding carboxylic acids is 1. The molecular weight excluding hydrogens is 294 g/mol. The lowest BCUT2D eigenvalue weighted by Crippen LogP contribution is -2.21. The van der Waals surface area contributed by atoms with Gasteiger partial charge in [0.15, 0.2) is 0 Å². The number of carbonyl (C=O) groups is 1. The fourth-order valence-corrected chi connectivity index (χ4v) is 3.32. The lowest BCUT2D eigenvalue weighted by atomic mass is 10.0. The van der Waals surface area contributed by atoms with Gasteiger partial charge in [-0.15, -0.1) is 0 Å². The molecule has 2 aliphatic rings. The Morgan fingerprint density at radius 2 is 2.06 bits per heavy atom. The largest absolute Gasteiger partial charge is 0.495 e. The minimum atomic E-state index is 0.159. The van der Waals surface area contributed by atoms with Crippen LogP contribution in [-0.2, 0) is 4.79 Å². The van der Waals surface area contributed by atoms with Gasteiger partial charge < -0.3 is 10.1 Å². The van der Waals surface area contributed by atoms with E-state index in [2.05, 4.69) is 21.2 Å². The molecule has 2 fully saturated rings. The van der Waals surface area contributed by atoms with E-state index in [0.717, 1.165) is 40.6 Å². The average molecular weight is 310 g/mol. The Labute approximate surface area is 115 Å². The van der Waals surface area contributed by atoms with Crippen molar-refractivity contribution < 1.29 is 9.53 Å². The second-order valence-corrected chi connectivity index (χ2v) is 6.12. The van der Waals surface area contributed by atoms with Crippen LogP contribution in [-0.4, -0.2) is 13.0 Å². The summed E-state index contributed by atoms with van der Waals surface area (Å²) in [5, 5.41) is 2.99. The fraction of sp³-hybridized carbons (Fsp3) is 0.500. The van der Waals surface area contributed by atoms with Crippen LogP contribution in [0.3, 0.4) is 0 Å². The van der Waals surface area contributed by atoms with Crippen LogP contribution >= 0.6 is 15.9 Å². The summed E-state index contributed by atoms with van der Waals surface area (Å²) in [5.41, 5.74) is 0.806. The van der Waals surface area contributed by atoms with Crippen molar-refractivity contribution in [3.8, 4) is 5.75 Å². The van der Waals surface area contributed by atoms with E-state index in [1.54, 1.807) is 7.11 Å². The molecule has 1 aromatic rings. The topological polar surface area (TPSA) is 38.3 Å². The molecule has 2 atom stereocenters. The average Bonchev–Trinajstić information content (AvgIpc) is 2.98. The van der Waals surface area contributed by atoms with Crippen LogP contribution in [0.4, 0.5) is 5.69 Å². The van der Waals surface area contributed by atoms with Gasteiger partial charge in [0, 0.05) is 17.7 Å². The lowest BCUT2D eigenvalue weighted by Gasteiger charge is -2.13. The van der Waals surface area contributed by atoms with Crippen LogP contribution in [0.5, 0.6) is 5.75 Å². The van der Waals surface area contributed by atoms with Gasteiger partial charge in [0.25, 0.3) is 0 Å². The SMILES string of the molecule is COc1cc(NC(=O)C2CC3CC3C2)ccc1Br. The predicted octanol–water partition coefficient (Wildman–Crippen LogP) is 3.44. The van der Waals surface area contributed by atoms with E-state index >= 15 is 0 Å². The lowest BCUT2D eigenvalue weighted by molar-refractivity contribution is -0.120. The maximum Gasteiger partial charge on any atom is 0.227 e. The van der Waals surface area contributed by atoms with Gasteiger partial charge in [0.2, 0.25) is 5.91 Å². The van der Waals surface area contributed by atoms with Gasteiger partial charge in [-0.25, -0.2) is 0 Å². The third kappa shape index (κ3) is 2.26. The van der Waals surface area contributed by atoms with Crippen molar-refractivity contribution in [1.82, 2.24) is 0 Å². The van der Waals surface area contributed by atoms with Crippen molar-refractivity contribution in [3.63, 3.8) is 0 Å². The predicted molar refractivity (Wildman–Crippen MR) is 73.6 cm³/mol. The summed E-state index contributed by atoms with van der Waals surface area (Å²) in [4.78, 5) is 12.1. The van der Waals surface area contributed by atoms with Crippen molar-refractivity contribution in [1.29, 1.82) is 0 Å². The minimum Gasteiger partial charge on any atom is -0.495 e. The second kappa shape index (κ2) is 4.57. The molecule has 18 heavy (non-hydrogen) atoms. The summed E-state index contributed by atoms with van der Waals surface area (Å²) in [7, 11) is 1.62. The number of fused-ring (bicyclic) bond motifs is 1. The molecule has 2 unspecified atom stereocenters. The maximum absolute atomic E-state index is 12.1. The van der Waals surface area contributed by atoms with Crippen LogP contribution in [0.1, 0.15) is 19.3 Å². The molecule has 2 aliphatic carbocycles. The number of rotatable bonds is 3. The molecule has 2 saturated carbocycles. The minimum absolute atomic E-state index is 0.159. The molecule has 0 aliphatic heterocycles. The summed E-state index contributed by atoms with van der Waals surface area (Å²) in [6, 6.07) is 5.62. The zero-order valence-electron chi connectivity index (χ0n) is 10.3. The van der Waals surface area contributed by atoms with Crippen molar-refractivity contribution >= 4 is 27.5 Å². The number of amides is 1. The summed E-state index contributed by atoms with van der Waals surface area (Å²) in [5.74, 6) is 2.78. The van der Waals surface area contributed by atoms with E-state index < -0.39 is 0 Å². The maximum atomic E-state index is 12.1. The van der Waals surface area contributed by atoms with Crippen LogP contribution < -0.4 is 10.1 Å². The first-order valence-corrected chi connectivity index (χ1v) is 7.11. The molecule has 0 bridgehead atoms. The van der Waals surface area contributed by atoms with Gasteiger partial charge in [-0.05, 0) is 59.2 Å². The molecule has 0 aromatic heterocycles. The van der Waals surface area contributed by atoms with Crippen LogP contribution in [0, 0.1) is 17.8 Å². The highest BCUT2D eigenvalue weighted by molar-refractivity contribution is 9.10. The van der Waals surface area contributed by atoms with E-state index in [1.165, 1.54) is 6.42 Å². The number of hydrogen-bond donors (Lipinski definition) is 1. The molecular formula is C14H16BrNO2. The summed E-state index contributed by atoms with van der Waals surface area (Å²) < 4.78 is 6.11. The van der Waals surface area contributed by atoms with Gasteiger partial charge in [-0.2, -0.15) is 0 Å². The normalized spacial score (nSPS) is 28.7. The van der Waals surface area contributed by atoms with E-state index in [-0.39, 0.29) is 11.8 Å². The Morgan fingerprint density at radius 3 is 2.72 bits per heavy atom. The summed E-state index contributed by atoms with van der Waals surface area (Å²) in [6.45, 7) is 0. The molecule has 3 nitrogen and oxygen atoms in total. The zero-order valence-corrected chi connectivity index (χ0v) is 11.9. The number of hydrogen-bond acceptors (Lipinski definition) is 2. The molecule has 96 valence electrons. The van der Waals surface area contributed by atoms with E-state index in [0.29, 0.717) is 0 Å². The second-order valence-electron chi connectivity index (χ2n) is 5.26. The monoisotopic (exact) mass is 309 g/mol. The molecule has 4 heteroatoms. The summed E-state index contributed by atoms with van der Waals surface area (Å²) >= 11 is 3.40. The van der Waals surface area contributed by atoms with Gasteiger partial charge in [-0.1, -0.05) is 0 Å². The Hall–Kier alpha value is -1.03. The number of anilines is 1. The Kier molecular flexibility index (Phi) is 3.06. The van der Waals surface area contributed by atoms with Gasteiger partial charge in [0.1, 0.15) is 5.75 Å². The Bertz CT molecular complexity index is 479. The fourth-order valence-electron chi connectivity index (χ4n) is 2.91. The third-order valence-electron chi connectivity index (χ3n) is 4.03. The van der Waals surface area contributed by atoms with Crippen molar-refractivity contribution in [2.24, 2.45) is 17.8 Å². The highest BCUT2D eigenvalue weighted by atomic mass is 79.9. The number of nitrogens with one attached hydrogen (secondary N) is 1. The highest BCUT2D eigenvalue weighted by Crippen LogP contribution is 2.54. The molecule has 1 amide bonds. The Balaban J connectivity index is 1.66. The quantitative estimate of drug-likeness (QED) is 0.929. The molecule has 0 heterocycles. The first-order valence-electron chi connectivity index (χ1n) is 6.32. The molecule has 1 N–H and O–H groups in total. The van der Waals surface area contributed by atoms with Crippen LogP contribution in [0.15, 0.2) is 22.7 Å². The molecule has 3 rings (SSSR count). The molecule has 0 spiro atoms. The number of ether oxygens (including phenoxy) is 1. The number of methoxy groups -OCH3 is 1. The van der Waals surface area contributed by atoms with Crippen LogP contribution in [0.2, 0.25) is 0 Å². The standard InChI is InChI=1S/C14H16BrNO2/c1-18-13-7-11(2-3-12(13)15)16-14(17)10-5-8-4-9(8)6-10/h2-3,7-10H,4-6H2,1H3,(H,16,17). The van der Waals surface area contributed by atoms with E-state index in [4.69, 9.17) is 4.74 Å². The van der Waals surface area contributed by atoms with Crippen LogP contribution in [0.25, 0.3) is 0 Å². The first-order chi connectivity index (χ1) is 8.67. The van der Waals surface area contributed by atoms with E-state index in [9.17, 15) is 4.79 Å². The molecule has 0 saturated heterocycles. The number of halogens is 1. The zero-order chi connectivity index (χ0) is 12.7. The van der Waals surface area contributed by atoms with E-state index in [1.807, 2.05) is 18.2 Å².